The van der Waals surface area contributed by atoms with Crippen LogP contribution >= 0.6 is 0 Å². The number of hydrogen-bond acceptors (Lipinski definition) is 4. The normalized spacial score (nSPS) is 11.7. The molecular formula is C8H16NNaO4. The summed E-state index contributed by atoms with van der Waals surface area (Å²) in [4.78, 5) is 20.8. The van der Waals surface area contributed by atoms with E-state index in [9.17, 15) is 14.9 Å². The molecule has 0 N–H and O–H groups in total. The number of methoxy groups -OCH3 is 1. The zero-order valence-electron chi connectivity index (χ0n) is 8.15. The van der Waals surface area contributed by atoms with Crippen LogP contribution in [-0.4, -0.2) is 53.6 Å². The third-order valence-corrected chi connectivity index (χ3v) is 1.67. The van der Waals surface area contributed by atoms with Gasteiger partial charge in [-0.05, 0) is 5.92 Å². The summed E-state index contributed by atoms with van der Waals surface area (Å²) >= 11 is 0. The Kier molecular flexibility index (Phi) is 9.55. The first-order chi connectivity index (χ1) is 5.97. The summed E-state index contributed by atoms with van der Waals surface area (Å²) in [7, 11) is 1.23. The van der Waals surface area contributed by atoms with E-state index in [1.54, 1.807) is 0 Å². The van der Waals surface area contributed by atoms with Crippen molar-refractivity contribution in [3.05, 3.63) is 10.1 Å². The van der Waals surface area contributed by atoms with E-state index in [0.29, 0.717) is 6.42 Å². The van der Waals surface area contributed by atoms with Crippen molar-refractivity contribution in [1.82, 2.24) is 0 Å². The van der Waals surface area contributed by atoms with Crippen LogP contribution in [0.1, 0.15) is 26.7 Å². The molecule has 5 nitrogen and oxygen atoms in total. The van der Waals surface area contributed by atoms with Gasteiger partial charge in [0.25, 0.3) is 0 Å². The molecule has 0 aromatic carbocycles. The van der Waals surface area contributed by atoms with E-state index >= 15 is 0 Å². The van der Waals surface area contributed by atoms with Gasteiger partial charge >= 0.3 is 35.5 Å². The molecule has 0 saturated carbocycles. The Bertz CT molecular complexity index is 196. The summed E-state index contributed by atoms with van der Waals surface area (Å²) in [6, 6.07) is -0.813. The van der Waals surface area contributed by atoms with Crippen LogP contribution in [0.5, 0.6) is 0 Å². The topological polar surface area (TPSA) is 69.4 Å². The number of nitro groups is 1. The van der Waals surface area contributed by atoms with Gasteiger partial charge in [0.05, 0.1) is 7.11 Å². The molecule has 0 fully saturated rings. The minimum absolute atomic E-state index is 0. The molecule has 0 aromatic rings. The average Bonchev–Trinajstić information content (AvgIpc) is 2.02. The number of carbonyl (C=O) groups excluding carboxylic acids is 1. The summed E-state index contributed by atoms with van der Waals surface area (Å²) in [5, 5.41) is 10.5. The molecule has 0 bridgehead atoms. The van der Waals surface area contributed by atoms with E-state index in [4.69, 9.17) is 0 Å². The third-order valence-electron chi connectivity index (χ3n) is 1.67. The van der Waals surface area contributed by atoms with Gasteiger partial charge in [-0.2, -0.15) is 0 Å². The van der Waals surface area contributed by atoms with Gasteiger partial charge < -0.3 is 4.74 Å². The molecule has 0 saturated heterocycles. The Morgan fingerprint density at radius 3 is 2.29 bits per heavy atom. The number of hydrogen-bond donors (Lipinski definition) is 0. The molecule has 0 aliphatic rings. The van der Waals surface area contributed by atoms with Gasteiger partial charge in [0.15, 0.2) is 0 Å². The number of carbonyl (C=O) groups is 1. The van der Waals surface area contributed by atoms with Crippen molar-refractivity contribution in [2.75, 3.05) is 7.11 Å². The van der Waals surface area contributed by atoms with Crippen molar-refractivity contribution in [3.63, 3.8) is 0 Å². The van der Waals surface area contributed by atoms with Gasteiger partial charge in [-0.15, -0.1) is 0 Å². The van der Waals surface area contributed by atoms with Crippen molar-refractivity contribution in [2.24, 2.45) is 5.92 Å². The zero-order chi connectivity index (χ0) is 10.4. The van der Waals surface area contributed by atoms with Crippen LogP contribution in [0.25, 0.3) is 0 Å². The van der Waals surface area contributed by atoms with Gasteiger partial charge in [-0.3, -0.25) is 14.9 Å². The van der Waals surface area contributed by atoms with E-state index in [1.165, 1.54) is 7.11 Å². The second-order valence-corrected chi connectivity index (χ2v) is 3.35. The first-order valence-corrected chi connectivity index (χ1v) is 4.17. The molecule has 0 aromatic heterocycles. The second-order valence-electron chi connectivity index (χ2n) is 3.35. The number of nitrogens with zero attached hydrogens (tertiary/aromatic N) is 1. The molecule has 14 heavy (non-hydrogen) atoms. The molecule has 0 unspecified atom stereocenters. The average molecular weight is 213 g/mol. The molecule has 0 amide bonds. The standard InChI is InChI=1S/C8H15NO4.Na.H/c1-6(2)4-7(9(11)12)5-8(10)13-3;;/h6-7H,4-5H2,1-3H3;;/t7-;;/m0../s1. The maximum absolute atomic E-state index is 10.8. The van der Waals surface area contributed by atoms with Crippen molar-refractivity contribution in [2.45, 2.75) is 32.7 Å². The Morgan fingerprint density at radius 2 is 2.00 bits per heavy atom. The Morgan fingerprint density at radius 1 is 1.50 bits per heavy atom. The summed E-state index contributed by atoms with van der Waals surface area (Å²) in [5.74, 6) is -0.317. The van der Waals surface area contributed by atoms with Gasteiger partial charge in [0, 0.05) is 11.3 Å². The predicted molar refractivity (Wildman–Crippen MR) is 54.0 cm³/mol. The van der Waals surface area contributed by atoms with Gasteiger partial charge in [-0.25, -0.2) is 0 Å². The van der Waals surface area contributed by atoms with Crippen molar-refractivity contribution < 1.29 is 14.5 Å². The molecule has 0 rings (SSSR count). The van der Waals surface area contributed by atoms with Crippen LogP contribution in [0.3, 0.4) is 0 Å². The summed E-state index contributed by atoms with van der Waals surface area (Å²) in [6.07, 6.45) is 0.268. The summed E-state index contributed by atoms with van der Waals surface area (Å²) in [6.45, 7) is 3.77. The van der Waals surface area contributed by atoms with Crippen molar-refractivity contribution >= 4 is 35.5 Å². The SMILES string of the molecule is COC(=O)C[C@H](CC(C)C)[N+](=O)[O-].[NaH]. The fourth-order valence-corrected chi connectivity index (χ4v) is 1.06. The van der Waals surface area contributed by atoms with E-state index in [1.807, 2.05) is 13.8 Å². The van der Waals surface area contributed by atoms with Gasteiger partial charge in [0.2, 0.25) is 6.04 Å². The molecule has 0 aliphatic heterocycles. The molecular weight excluding hydrogens is 197 g/mol. The van der Waals surface area contributed by atoms with E-state index < -0.39 is 16.9 Å². The van der Waals surface area contributed by atoms with Gasteiger partial charge in [0.1, 0.15) is 6.42 Å². The van der Waals surface area contributed by atoms with Crippen molar-refractivity contribution in [1.29, 1.82) is 0 Å². The molecule has 0 spiro atoms. The second kappa shape index (κ2) is 8.20. The predicted octanol–water partition coefficient (Wildman–Crippen LogP) is 0.592. The van der Waals surface area contributed by atoms with Crippen LogP contribution in [0.2, 0.25) is 0 Å². The van der Waals surface area contributed by atoms with Crippen LogP contribution in [0.15, 0.2) is 0 Å². The van der Waals surface area contributed by atoms with E-state index in [0.717, 1.165) is 0 Å². The summed E-state index contributed by atoms with van der Waals surface area (Å²) < 4.78 is 4.37. The van der Waals surface area contributed by atoms with Crippen LogP contribution < -0.4 is 0 Å². The molecule has 78 valence electrons. The number of esters is 1. The Balaban J connectivity index is 0. The first-order valence-electron chi connectivity index (χ1n) is 4.17. The summed E-state index contributed by atoms with van der Waals surface area (Å²) in [5.41, 5.74) is 0. The molecule has 6 heteroatoms. The van der Waals surface area contributed by atoms with Crippen LogP contribution in [0.4, 0.5) is 0 Å². The van der Waals surface area contributed by atoms with E-state index in [-0.39, 0.29) is 41.9 Å². The van der Waals surface area contributed by atoms with E-state index in [2.05, 4.69) is 4.74 Å². The molecule has 1 atom stereocenters. The molecule has 0 aliphatic carbocycles. The minimum atomic E-state index is -0.813. The first kappa shape index (κ1) is 16.3. The van der Waals surface area contributed by atoms with Crippen molar-refractivity contribution in [3.8, 4) is 0 Å². The fourth-order valence-electron chi connectivity index (χ4n) is 1.06. The molecule has 0 heterocycles. The van der Waals surface area contributed by atoms with Crippen LogP contribution in [0, 0.1) is 16.0 Å². The molecule has 0 radical (unpaired) electrons. The third kappa shape index (κ3) is 7.29. The Hall–Kier alpha value is -0.130. The fraction of sp³-hybridized carbons (Fsp3) is 0.875. The van der Waals surface area contributed by atoms with Crippen LogP contribution in [-0.2, 0) is 9.53 Å². The number of rotatable bonds is 5. The monoisotopic (exact) mass is 213 g/mol. The Labute approximate surface area is 106 Å². The number of ether oxygens (including phenoxy) is 1. The van der Waals surface area contributed by atoms with Gasteiger partial charge in [-0.1, -0.05) is 13.8 Å². The maximum atomic E-state index is 10.8. The quantitative estimate of drug-likeness (QED) is 0.290. The zero-order valence-corrected chi connectivity index (χ0v) is 8.15.